The van der Waals surface area contributed by atoms with E-state index in [4.69, 9.17) is 4.74 Å². The molecule has 0 bridgehead atoms. The fourth-order valence-electron chi connectivity index (χ4n) is 5.38. The first-order valence-corrected chi connectivity index (χ1v) is 13.7. The summed E-state index contributed by atoms with van der Waals surface area (Å²) in [4.78, 5) is 67.9. The largest absolute Gasteiger partial charge is 0.478 e. The lowest BCUT2D eigenvalue weighted by Gasteiger charge is -2.33. The van der Waals surface area contributed by atoms with E-state index >= 15 is 0 Å². The standard InChI is InChI=1S/C30H36N4O7/c1-30(2,3)41-28(39)23-17-22(26(36)33-14-7-8-15-33)25(19-10-5-4-6-11-19)34(23)24(35)18-31-29(40)32-21-13-9-12-20(16-21)27(37)38/h4-6,9-13,16,22-23,25H,7-8,14-15,17-18H2,1-3H3,(H,37,38)(H2,31,32,40). The zero-order chi connectivity index (χ0) is 29.7. The van der Waals surface area contributed by atoms with Crippen LogP contribution in [0.15, 0.2) is 54.6 Å². The number of nitrogens with one attached hydrogen (secondary N) is 2. The van der Waals surface area contributed by atoms with Gasteiger partial charge in [-0.25, -0.2) is 14.4 Å². The van der Waals surface area contributed by atoms with Crippen molar-refractivity contribution in [3.05, 3.63) is 65.7 Å². The van der Waals surface area contributed by atoms with Crippen molar-refractivity contribution in [2.75, 3.05) is 25.0 Å². The molecule has 11 heteroatoms. The van der Waals surface area contributed by atoms with Crippen molar-refractivity contribution in [2.45, 2.75) is 57.7 Å². The summed E-state index contributed by atoms with van der Waals surface area (Å²) in [5.74, 6) is -3.08. The molecule has 218 valence electrons. The molecule has 2 saturated heterocycles. The van der Waals surface area contributed by atoms with E-state index in [1.54, 1.807) is 25.7 Å². The van der Waals surface area contributed by atoms with E-state index in [-0.39, 0.29) is 23.6 Å². The Labute approximate surface area is 238 Å². The zero-order valence-corrected chi connectivity index (χ0v) is 23.5. The summed E-state index contributed by atoms with van der Waals surface area (Å²) in [6.07, 6.45) is 1.91. The molecule has 11 nitrogen and oxygen atoms in total. The van der Waals surface area contributed by atoms with Crippen LogP contribution in [0.4, 0.5) is 10.5 Å². The van der Waals surface area contributed by atoms with Crippen LogP contribution in [0.3, 0.4) is 0 Å². The average molecular weight is 565 g/mol. The highest BCUT2D eigenvalue weighted by Crippen LogP contribution is 2.43. The number of amides is 4. The number of hydrogen-bond donors (Lipinski definition) is 3. The Morgan fingerprint density at radius 2 is 1.66 bits per heavy atom. The van der Waals surface area contributed by atoms with Gasteiger partial charge in [0.25, 0.3) is 0 Å². The highest BCUT2D eigenvalue weighted by Gasteiger charge is 2.52. The van der Waals surface area contributed by atoms with Gasteiger partial charge in [-0.2, -0.15) is 0 Å². The monoisotopic (exact) mass is 564 g/mol. The van der Waals surface area contributed by atoms with Crippen molar-refractivity contribution in [3.63, 3.8) is 0 Å². The maximum atomic E-state index is 13.8. The number of esters is 1. The van der Waals surface area contributed by atoms with Crippen molar-refractivity contribution in [3.8, 4) is 0 Å². The SMILES string of the molecule is CC(C)(C)OC(=O)C1CC(C(=O)N2CCCC2)C(c2ccccc2)N1C(=O)CNC(=O)Nc1cccc(C(=O)O)c1. The summed E-state index contributed by atoms with van der Waals surface area (Å²) < 4.78 is 5.67. The highest BCUT2D eigenvalue weighted by atomic mass is 16.6. The predicted molar refractivity (Wildman–Crippen MR) is 150 cm³/mol. The lowest BCUT2D eigenvalue weighted by molar-refractivity contribution is -0.164. The van der Waals surface area contributed by atoms with Gasteiger partial charge in [-0.3, -0.25) is 9.59 Å². The first kappa shape index (κ1) is 29.6. The highest BCUT2D eigenvalue weighted by molar-refractivity contribution is 5.96. The van der Waals surface area contributed by atoms with Gasteiger partial charge in [0.2, 0.25) is 11.8 Å². The predicted octanol–water partition coefficient (Wildman–Crippen LogP) is 3.43. The van der Waals surface area contributed by atoms with Crippen molar-refractivity contribution < 1.29 is 33.8 Å². The summed E-state index contributed by atoms with van der Waals surface area (Å²) in [6.45, 7) is 6.01. The topological polar surface area (TPSA) is 145 Å². The lowest BCUT2D eigenvalue weighted by atomic mass is 9.91. The van der Waals surface area contributed by atoms with Gasteiger partial charge in [0.05, 0.1) is 24.1 Å². The zero-order valence-electron chi connectivity index (χ0n) is 23.5. The molecule has 0 spiro atoms. The molecule has 0 aromatic heterocycles. The number of anilines is 1. The van der Waals surface area contributed by atoms with Crippen LogP contribution in [0.25, 0.3) is 0 Å². The summed E-state index contributed by atoms with van der Waals surface area (Å²) >= 11 is 0. The normalized spacial score (nSPS) is 20.4. The van der Waals surface area contributed by atoms with Crippen molar-refractivity contribution in [1.29, 1.82) is 0 Å². The number of hydrogen-bond acceptors (Lipinski definition) is 6. The smallest absolute Gasteiger partial charge is 0.335 e. The molecular formula is C30H36N4O7. The third-order valence-electron chi connectivity index (χ3n) is 7.10. The molecule has 2 fully saturated rings. The van der Waals surface area contributed by atoms with Gasteiger partial charge >= 0.3 is 18.0 Å². The number of nitrogens with zero attached hydrogens (tertiary/aromatic N) is 2. The van der Waals surface area contributed by atoms with E-state index in [2.05, 4.69) is 10.6 Å². The lowest BCUT2D eigenvalue weighted by Crippen LogP contribution is -2.49. The van der Waals surface area contributed by atoms with Gasteiger partial charge in [0, 0.05) is 18.8 Å². The van der Waals surface area contributed by atoms with E-state index in [0.29, 0.717) is 18.7 Å². The Bertz CT molecular complexity index is 1300. The minimum atomic E-state index is -1.14. The number of carboxylic acid groups (broad SMARTS) is 1. The molecule has 3 atom stereocenters. The van der Waals surface area contributed by atoms with Crippen LogP contribution in [0.1, 0.15) is 62.0 Å². The quantitative estimate of drug-likeness (QED) is 0.437. The van der Waals surface area contributed by atoms with Crippen LogP contribution >= 0.6 is 0 Å². The van der Waals surface area contributed by atoms with Gasteiger partial charge < -0.3 is 30.3 Å². The minimum absolute atomic E-state index is 0.00411. The fraction of sp³-hybridized carbons (Fsp3) is 0.433. The summed E-state index contributed by atoms with van der Waals surface area (Å²) in [5.41, 5.74) is 0.129. The number of aromatic carboxylic acids is 1. The van der Waals surface area contributed by atoms with E-state index in [1.165, 1.54) is 29.2 Å². The molecule has 3 N–H and O–H groups in total. The maximum Gasteiger partial charge on any atom is 0.335 e. The summed E-state index contributed by atoms with van der Waals surface area (Å²) in [6, 6.07) is 12.3. The number of rotatable bonds is 7. The van der Waals surface area contributed by atoms with Gasteiger partial charge in [-0.05, 0) is 63.8 Å². The number of benzene rings is 2. The maximum absolute atomic E-state index is 13.8. The first-order chi connectivity index (χ1) is 19.4. The fourth-order valence-corrected chi connectivity index (χ4v) is 5.38. The Kier molecular flexibility index (Phi) is 8.95. The first-order valence-electron chi connectivity index (χ1n) is 13.7. The number of urea groups is 1. The van der Waals surface area contributed by atoms with Crippen molar-refractivity contribution in [1.82, 2.24) is 15.1 Å². The molecule has 4 rings (SSSR count). The summed E-state index contributed by atoms with van der Waals surface area (Å²) in [7, 11) is 0. The van der Waals surface area contributed by atoms with E-state index in [1.807, 2.05) is 30.3 Å². The molecule has 41 heavy (non-hydrogen) atoms. The molecule has 4 amide bonds. The van der Waals surface area contributed by atoms with E-state index < -0.39 is 54.0 Å². The van der Waals surface area contributed by atoms with Gasteiger partial charge in [-0.1, -0.05) is 36.4 Å². The second-order valence-electron chi connectivity index (χ2n) is 11.3. The molecule has 2 aliphatic heterocycles. The van der Waals surface area contributed by atoms with Crippen LogP contribution in [-0.2, 0) is 19.1 Å². The van der Waals surface area contributed by atoms with Crippen LogP contribution < -0.4 is 10.6 Å². The molecular weight excluding hydrogens is 528 g/mol. The Morgan fingerprint density at radius 1 is 0.976 bits per heavy atom. The van der Waals surface area contributed by atoms with E-state index in [9.17, 15) is 29.1 Å². The molecule has 0 radical (unpaired) electrons. The molecule has 0 saturated carbocycles. The second-order valence-corrected chi connectivity index (χ2v) is 11.3. The number of carboxylic acids is 1. The Morgan fingerprint density at radius 3 is 2.29 bits per heavy atom. The van der Waals surface area contributed by atoms with Gasteiger partial charge in [0.1, 0.15) is 11.6 Å². The van der Waals surface area contributed by atoms with Crippen LogP contribution in [0, 0.1) is 5.92 Å². The molecule has 2 aliphatic rings. The third kappa shape index (κ3) is 7.22. The second kappa shape index (κ2) is 12.4. The van der Waals surface area contributed by atoms with Crippen LogP contribution in [-0.4, -0.2) is 76.0 Å². The van der Waals surface area contributed by atoms with Crippen LogP contribution in [0.5, 0.6) is 0 Å². The van der Waals surface area contributed by atoms with E-state index in [0.717, 1.165) is 12.8 Å². The molecule has 0 aliphatic carbocycles. The Hall–Kier alpha value is -4.41. The number of likely N-dealkylation sites (tertiary alicyclic amines) is 2. The van der Waals surface area contributed by atoms with Gasteiger partial charge in [-0.15, -0.1) is 0 Å². The number of carbonyl (C=O) groups excluding carboxylic acids is 4. The molecule has 2 aromatic rings. The third-order valence-corrected chi connectivity index (χ3v) is 7.10. The molecule has 2 aromatic carbocycles. The van der Waals surface area contributed by atoms with Gasteiger partial charge in [0.15, 0.2) is 0 Å². The van der Waals surface area contributed by atoms with Crippen molar-refractivity contribution in [2.24, 2.45) is 5.92 Å². The van der Waals surface area contributed by atoms with Crippen molar-refractivity contribution >= 4 is 35.5 Å². The molecule has 2 heterocycles. The number of ether oxygens (including phenoxy) is 1. The molecule has 3 unspecified atom stereocenters. The minimum Gasteiger partial charge on any atom is -0.478 e. The number of carbonyl (C=O) groups is 5. The summed E-state index contributed by atoms with van der Waals surface area (Å²) in [5, 5.41) is 14.2. The van der Waals surface area contributed by atoms with Crippen LogP contribution in [0.2, 0.25) is 0 Å². The average Bonchev–Trinajstić information content (AvgIpc) is 3.60. The Balaban J connectivity index is 1.59.